The number of furan rings is 1. The van der Waals surface area contributed by atoms with Gasteiger partial charge in [-0.1, -0.05) is 0 Å². The molecule has 3 aromatic rings. The Morgan fingerprint density at radius 2 is 2.32 bits per heavy atom. The molecule has 0 aliphatic rings. The van der Waals surface area contributed by atoms with Crippen molar-refractivity contribution in [3.8, 4) is 6.07 Å². The van der Waals surface area contributed by atoms with Crippen molar-refractivity contribution in [3.63, 3.8) is 0 Å². The Hall–Kier alpha value is -2.87. The van der Waals surface area contributed by atoms with E-state index >= 15 is 0 Å². The number of halogens is 1. The molecule has 4 nitrogen and oxygen atoms in total. The highest BCUT2D eigenvalue weighted by Gasteiger charge is 2.08. The van der Waals surface area contributed by atoms with Crippen LogP contribution in [0.4, 0.5) is 4.39 Å². The molecule has 0 saturated carbocycles. The average Bonchev–Trinajstić information content (AvgIpc) is 3.03. The highest BCUT2D eigenvalue weighted by atomic mass is 19.1. The minimum Gasteiger partial charge on any atom is -0.472 e. The first-order valence-corrected chi connectivity index (χ1v) is 5.56. The van der Waals surface area contributed by atoms with Crippen LogP contribution in [0.2, 0.25) is 0 Å². The number of allylic oxidation sites excluding steroid dienone is 1. The summed E-state index contributed by atoms with van der Waals surface area (Å²) in [5, 5.41) is 9.18. The molecule has 5 heteroatoms. The number of hydrogen-bond donors (Lipinski definition) is 1. The van der Waals surface area contributed by atoms with Crippen LogP contribution in [0.25, 0.3) is 22.7 Å². The van der Waals surface area contributed by atoms with Crippen LogP contribution >= 0.6 is 0 Å². The van der Waals surface area contributed by atoms with E-state index in [0.717, 1.165) is 5.56 Å². The lowest BCUT2D eigenvalue weighted by atomic mass is 10.2. The first-order chi connectivity index (χ1) is 9.26. The third-order valence-corrected chi connectivity index (χ3v) is 2.67. The maximum Gasteiger partial charge on any atom is 0.149 e. The molecular weight excluding hydrogens is 245 g/mol. The summed E-state index contributed by atoms with van der Waals surface area (Å²) in [6, 6.07) is 8.04. The van der Waals surface area contributed by atoms with E-state index in [4.69, 9.17) is 4.42 Å². The number of nitrogens with zero attached hydrogens (tertiary/aromatic N) is 2. The van der Waals surface area contributed by atoms with E-state index in [1.54, 1.807) is 18.2 Å². The zero-order chi connectivity index (χ0) is 13.2. The Morgan fingerprint density at radius 3 is 3.05 bits per heavy atom. The lowest BCUT2D eigenvalue weighted by Gasteiger charge is -1.91. The maximum absolute atomic E-state index is 13.1. The van der Waals surface area contributed by atoms with Gasteiger partial charge in [0.05, 0.1) is 29.1 Å². The third kappa shape index (κ3) is 2.11. The molecule has 1 N–H and O–H groups in total. The van der Waals surface area contributed by atoms with Gasteiger partial charge in [0.15, 0.2) is 0 Å². The molecule has 0 saturated heterocycles. The highest BCUT2D eigenvalue weighted by Crippen LogP contribution is 2.19. The van der Waals surface area contributed by atoms with Crippen LogP contribution in [-0.4, -0.2) is 9.97 Å². The number of nitrogens with one attached hydrogen (secondary N) is 1. The summed E-state index contributed by atoms with van der Waals surface area (Å²) in [6.07, 6.45) is 4.70. The van der Waals surface area contributed by atoms with Crippen LogP contribution in [0.5, 0.6) is 0 Å². The largest absolute Gasteiger partial charge is 0.472 e. The molecule has 0 spiro atoms. The molecule has 1 aromatic carbocycles. The number of benzene rings is 1. The van der Waals surface area contributed by atoms with Gasteiger partial charge in [-0.15, -0.1) is 0 Å². The summed E-state index contributed by atoms with van der Waals surface area (Å²) in [4.78, 5) is 7.19. The predicted octanol–water partition coefficient (Wildman–Crippen LogP) is 3.36. The Balaban J connectivity index is 2.10. The van der Waals surface area contributed by atoms with Crippen LogP contribution in [0, 0.1) is 17.1 Å². The van der Waals surface area contributed by atoms with Crippen molar-refractivity contribution in [2.45, 2.75) is 0 Å². The van der Waals surface area contributed by atoms with Crippen LogP contribution in [0.3, 0.4) is 0 Å². The Morgan fingerprint density at radius 1 is 1.42 bits per heavy atom. The monoisotopic (exact) mass is 253 g/mol. The summed E-state index contributed by atoms with van der Waals surface area (Å²) >= 11 is 0. The molecule has 19 heavy (non-hydrogen) atoms. The smallest absolute Gasteiger partial charge is 0.149 e. The highest BCUT2D eigenvalue weighted by molar-refractivity contribution is 5.90. The first-order valence-electron chi connectivity index (χ1n) is 5.56. The van der Waals surface area contributed by atoms with Crippen molar-refractivity contribution < 1.29 is 8.81 Å². The number of hydrogen-bond acceptors (Lipinski definition) is 3. The summed E-state index contributed by atoms with van der Waals surface area (Å²) in [5.74, 6) is 0.0596. The van der Waals surface area contributed by atoms with E-state index in [2.05, 4.69) is 16.0 Å². The lowest BCUT2D eigenvalue weighted by molar-refractivity contribution is 0.567. The second kappa shape index (κ2) is 4.42. The number of fused-ring (bicyclic) bond motifs is 1. The van der Waals surface area contributed by atoms with Crippen LogP contribution < -0.4 is 0 Å². The topological polar surface area (TPSA) is 65.6 Å². The van der Waals surface area contributed by atoms with E-state index in [1.807, 2.05) is 0 Å². The van der Waals surface area contributed by atoms with Gasteiger partial charge in [-0.2, -0.15) is 5.26 Å². The van der Waals surface area contributed by atoms with E-state index in [-0.39, 0.29) is 5.82 Å². The molecule has 92 valence electrons. The summed E-state index contributed by atoms with van der Waals surface area (Å²) in [5.41, 5.74) is 2.30. The SMILES string of the molecule is N#C/C(=C/c1ccoc1)c1nc2ccc(F)cc2[nH]1. The maximum atomic E-state index is 13.1. The molecular formula is C14H8FN3O. The minimum atomic E-state index is -0.347. The van der Waals surface area contributed by atoms with Gasteiger partial charge in [-0.3, -0.25) is 0 Å². The number of rotatable bonds is 2. The van der Waals surface area contributed by atoms with E-state index in [1.165, 1.54) is 24.7 Å². The normalized spacial score (nSPS) is 11.7. The quantitative estimate of drug-likeness (QED) is 0.712. The number of H-pyrrole nitrogens is 1. The molecule has 0 aliphatic heterocycles. The van der Waals surface area contributed by atoms with Gasteiger partial charge in [0.25, 0.3) is 0 Å². The molecule has 0 bridgehead atoms. The standard InChI is InChI=1S/C14H8FN3O/c15-11-1-2-12-13(6-11)18-14(17-12)10(7-16)5-9-3-4-19-8-9/h1-6,8H,(H,17,18)/b10-5-. The van der Waals surface area contributed by atoms with E-state index < -0.39 is 0 Å². The molecule has 0 fully saturated rings. The van der Waals surface area contributed by atoms with Crippen molar-refractivity contribution in [3.05, 3.63) is 54.0 Å². The third-order valence-electron chi connectivity index (χ3n) is 2.67. The molecule has 0 radical (unpaired) electrons. The molecule has 2 heterocycles. The van der Waals surface area contributed by atoms with E-state index in [9.17, 15) is 9.65 Å². The van der Waals surface area contributed by atoms with Gasteiger partial charge >= 0.3 is 0 Å². The van der Waals surface area contributed by atoms with Crippen molar-refractivity contribution >= 4 is 22.7 Å². The fourth-order valence-corrected chi connectivity index (χ4v) is 1.79. The number of aromatic nitrogens is 2. The zero-order valence-corrected chi connectivity index (χ0v) is 9.72. The summed E-state index contributed by atoms with van der Waals surface area (Å²) in [6.45, 7) is 0. The van der Waals surface area contributed by atoms with Gasteiger partial charge < -0.3 is 9.40 Å². The molecule has 0 aliphatic carbocycles. The Kier molecular flexibility index (Phi) is 2.62. The van der Waals surface area contributed by atoms with E-state index in [0.29, 0.717) is 22.4 Å². The molecule has 2 aromatic heterocycles. The predicted molar refractivity (Wildman–Crippen MR) is 68.2 cm³/mol. The molecule has 0 amide bonds. The van der Waals surface area contributed by atoms with Crippen molar-refractivity contribution in [2.75, 3.05) is 0 Å². The van der Waals surface area contributed by atoms with Gasteiger partial charge in [0, 0.05) is 5.56 Å². The number of imidazole rings is 1. The van der Waals surface area contributed by atoms with Gasteiger partial charge in [-0.05, 0) is 30.3 Å². The summed E-state index contributed by atoms with van der Waals surface area (Å²) < 4.78 is 18.0. The average molecular weight is 253 g/mol. The van der Waals surface area contributed by atoms with Crippen molar-refractivity contribution in [1.29, 1.82) is 5.26 Å². The van der Waals surface area contributed by atoms with Crippen LogP contribution in [-0.2, 0) is 0 Å². The van der Waals surface area contributed by atoms with Crippen molar-refractivity contribution in [1.82, 2.24) is 9.97 Å². The zero-order valence-electron chi connectivity index (χ0n) is 9.72. The molecule has 0 unspecified atom stereocenters. The number of aromatic amines is 1. The van der Waals surface area contributed by atoms with Gasteiger partial charge in [-0.25, -0.2) is 9.37 Å². The van der Waals surface area contributed by atoms with Crippen LogP contribution in [0.1, 0.15) is 11.4 Å². The van der Waals surface area contributed by atoms with Gasteiger partial charge in [0.2, 0.25) is 0 Å². The fraction of sp³-hybridized carbons (Fsp3) is 0. The second-order valence-corrected chi connectivity index (χ2v) is 3.97. The Labute approximate surface area is 107 Å². The first kappa shape index (κ1) is 11.2. The van der Waals surface area contributed by atoms with Crippen molar-refractivity contribution in [2.24, 2.45) is 0 Å². The summed E-state index contributed by atoms with van der Waals surface area (Å²) in [7, 11) is 0. The second-order valence-electron chi connectivity index (χ2n) is 3.97. The number of nitriles is 1. The molecule has 3 rings (SSSR count). The minimum absolute atomic E-state index is 0.347. The Bertz CT molecular complexity index is 794. The fourth-order valence-electron chi connectivity index (χ4n) is 1.79. The lowest BCUT2D eigenvalue weighted by Crippen LogP contribution is -1.83. The van der Waals surface area contributed by atoms with Crippen LogP contribution in [0.15, 0.2) is 41.2 Å². The molecule has 0 atom stereocenters. The van der Waals surface area contributed by atoms with Gasteiger partial charge in [0.1, 0.15) is 17.7 Å².